The van der Waals surface area contributed by atoms with E-state index in [1.807, 2.05) is 60.7 Å². The van der Waals surface area contributed by atoms with Crippen LogP contribution in [-0.2, 0) is 0 Å². The van der Waals surface area contributed by atoms with E-state index < -0.39 is 0 Å². The van der Waals surface area contributed by atoms with Crippen LogP contribution in [-0.4, -0.2) is 10.2 Å². The van der Waals surface area contributed by atoms with E-state index in [2.05, 4.69) is 82.6 Å². The largest absolute Gasteiger partial charge is 0.508 e. The first-order valence-corrected chi connectivity index (χ1v) is 13.1. The lowest BCUT2D eigenvalue weighted by atomic mass is 10.0. The van der Waals surface area contributed by atoms with Crippen molar-refractivity contribution in [1.29, 1.82) is 0 Å². The summed E-state index contributed by atoms with van der Waals surface area (Å²) in [5, 5.41) is 19.9. The molecule has 0 saturated carbocycles. The molecule has 0 aliphatic rings. The number of phenolic OH excluding ortho intramolecular Hbond substituents is 2. The lowest BCUT2D eigenvalue weighted by molar-refractivity contribution is 0.475. The van der Waals surface area contributed by atoms with Crippen molar-refractivity contribution in [2.45, 2.75) is 0 Å². The highest BCUT2D eigenvalue weighted by Gasteiger charge is 2.14. The molecule has 6 rings (SSSR count). The molecular formula is C36H28N2O2. The summed E-state index contributed by atoms with van der Waals surface area (Å²) in [5.41, 5.74) is 8.15. The highest BCUT2D eigenvalue weighted by molar-refractivity contribution is 5.81. The van der Waals surface area contributed by atoms with Gasteiger partial charge in [-0.3, -0.25) is 0 Å². The highest BCUT2D eigenvalue weighted by Crippen LogP contribution is 2.38. The summed E-state index contributed by atoms with van der Waals surface area (Å²) in [4.78, 5) is 4.29. The summed E-state index contributed by atoms with van der Waals surface area (Å²) in [5.74, 6) is 0.470. The molecule has 6 aromatic carbocycles. The normalized spacial score (nSPS) is 10.7. The Bertz CT molecular complexity index is 1680. The number of hydrogen-bond donors (Lipinski definition) is 2. The zero-order valence-corrected chi connectivity index (χ0v) is 21.8. The van der Waals surface area contributed by atoms with Crippen molar-refractivity contribution >= 4 is 34.1 Å². The Labute approximate surface area is 234 Å². The Hall–Kier alpha value is -5.48. The highest BCUT2D eigenvalue weighted by atomic mass is 16.3. The SMILES string of the molecule is Oc1ccc(N(c2ccccc2)c2ccc(-c3ccc(N(c4ccccc4)c4cccc(O)c4)cc3)cc2)cc1. The van der Waals surface area contributed by atoms with Crippen molar-refractivity contribution in [1.82, 2.24) is 0 Å². The molecule has 0 amide bonds. The predicted octanol–water partition coefficient (Wildman–Crippen LogP) is 9.70. The molecule has 4 heteroatoms. The van der Waals surface area contributed by atoms with Gasteiger partial charge in [-0.25, -0.2) is 0 Å². The van der Waals surface area contributed by atoms with Crippen LogP contribution in [0.5, 0.6) is 11.5 Å². The second-order valence-corrected chi connectivity index (χ2v) is 9.47. The van der Waals surface area contributed by atoms with Gasteiger partial charge in [-0.2, -0.15) is 0 Å². The van der Waals surface area contributed by atoms with E-state index >= 15 is 0 Å². The van der Waals surface area contributed by atoms with Crippen LogP contribution in [0, 0.1) is 0 Å². The van der Waals surface area contributed by atoms with Gasteiger partial charge in [0.2, 0.25) is 0 Å². The molecule has 0 aliphatic heterocycles. The molecule has 194 valence electrons. The van der Waals surface area contributed by atoms with E-state index in [4.69, 9.17) is 0 Å². The number of rotatable bonds is 7. The summed E-state index contributed by atoms with van der Waals surface area (Å²) < 4.78 is 0. The lowest BCUT2D eigenvalue weighted by Crippen LogP contribution is -2.09. The maximum Gasteiger partial charge on any atom is 0.117 e. The van der Waals surface area contributed by atoms with E-state index in [9.17, 15) is 10.2 Å². The van der Waals surface area contributed by atoms with E-state index in [1.165, 1.54) is 0 Å². The molecule has 0 spiro atoms. The van der Waals surface area contributed by atoms with Crippen molar-refractivity contribution in [3.8, 4) is 22.6 Å². The van der Waals surface area contributed by atoms with Crippen molar-refractivity contribution < 1.29 is 10.2 Å². The van der Waals surface area contributed by atoms with Gasteiger partial charge in [0.25, 0.3) is 0 Å². The second-order valence-electron chi connectivity index (χ2n) is 9.47. The third-order valence-corrected chi connectivity index (χ3v) is 6.81. The quantitative estimate of drug-likeness (QED) is 0.220. The number of para-hydroxylation sites is 2. The first kappa shape index (κ1) is 24.8. The molecule has 0 atom stereocenters. The van der Waals surface area contributed by atoms with Gasteiger partial charge in [0.15, 0.2) is 0 Å². The van der Waals surface area contributed by atoms with E-state index in [0.717, 1.165) is 45.3 Å². The molecule has 6 aromatic rings. The number of hydrogen-bond acceptors (Lipinski definition) is 4. The number of anilines is 6. The molecule has 0 heterocycles. The van der Waals surface area contributed by atoms with Crippen LogP contribution >= 0.6 is 0 Å². The maximum absolute atomic E-state index is 10.1. The number of aromatic hydroxyl groups is 2. The average Bonchev–Trinajstić information content (AvgIpc) is 3.00. The minimum absolute atomic E-state index is 0.229. The zero-order chi connectivity index (χ0) is 27.3. The van der Waals surface area contributed by atoms with Crippen LogP contribution in [0.3, 0.4) is 0 Å². The molecule has 0 radical (unpaired) electrons. The van der Waals surface area contributed by atoms with E-state index in [0.29, 0.717) is 0 Å². The zero-order valence-electron chi connectivity index (χ0n) is 21.8. The van der Waals surface area contributed by atoms with Crippen molar-refractivity contribution in [2.75, 3.05) is 9.80 Å². The average molecular weight is 521 g/mol. The van der Waals surface area contributed by atoms with Gasteiger partial charge in [0.05, 0.1) is 0 Å². The van der Waals surface area contributed by atoms with Crippen molar-refractivity contribution in [3.63, 3.8) is 0 Å². The van der Waals surface area contributed by atoms with Gasteiger partial charge in [0, 0.05) is 40.2 Å². The lowest BCUT2D eigenvalue weighted by Gasteiger charge is -2.26. The predicted molar refractivity (Wildman–Crippen MR) is 165 cm³/mol. The number of benzene rings is 6. The monoisotopic (exact) mass is 520 g/mol. The van der Waals surface area contributed by atoms with Gasteiger partial charge in [-0.1, -0.05) is 66.7 Å². The Morgan fingerprint density at radius 3 is 1.12 bits per heavy atom. The Morgan fingerprint density at radius 1 is 0.300 bits per heavy atom. The maximum atomic E-state index is 10.1. The van der Waals surface area contributed by atoms with Gasteiger partial charge in [-0.15, -0.1) is 0 Å². The fourth-order valence-corrected chi connectivity index (χ4v) is 4.89. The van der Waals surface area contributed by atoms with E-state index in [-0.39, 0.29) is 11.5 Å². The molecule has 0 fully saturated rings. The molecule has 4 nitrogen and oxygen atoms in total. The molecule has 0 bridgehead atoms. The van der Waals surface area contributed by atoms with Crippen LogP contribution in [0.15, 0.2) is 158 Å². The van der Waals surface area contributed by atoms with Gasteiger partial charge in [0.1, 0.15) is 11.5 Å². The first-order chi connectivity index (χ1) is 19.7. The van der Waals surface area contributed by atoms with Crippen molar-refractivity contribution in [3.05, 3.63) is 158 Å². The third kappa shape index (κ3) is 5.24. The Morgan fingerprint density at radius 2 is 0.675 bits per heavy atom. The van der Waals surface area contributed by atoms with Crippen LogP contribution in [0.25, 0.3) is 11.1 Å². The number of phenols is 2. The van der Waals surface area contributed by atoms with Crippen LogP contribution in [0.4, 0.5) is 34.1 Å². The van der Waals surface area contributed by atoms with Crippen LogP contribution in [0.2, 0.25) is 0 Å². The molecule has 40 heavy (non-hydrogen) atoms. The molecular weight excluding hydrogens is 492 g/mol. The standard InChI is InChI=1S/C36H28N2O2/c39-35-24-22-33(23-25-35)37(29-8-3-1-4-9-29)31-18-14-27(15-19-31)28-16-20-32(21-17-28)38(30-10-5-2-6-11-30)34-12-7-13-36(40)26-34/h1-26,39-40H. The second kappa shape index (κ2) is 11.1. The van der Waals surface area contributed by atoms with Gasteiger partial charge < -0.3 is 20.0 Å². The smallest absolute Gasteiger partial charge is 0.117 e. The molecule has 0 saturated heterocycles. The topological polar surface area (TPSA) is 46.9 Å². The minimum Gasteiger partial charge on any atom is -0.508 e. The van der Waals surface area contributed by atoms with Gasteiger partial charge >= 0.3 is 0 Å². The van der Waals surface area contributed by atoms with Crippen LogP contribution < -0.4 is 9.80 Å². The molecule has 2 N–H and O–H groups in total. The fraction of sp³-hybridized carbons (Fsp3) is 0. The molecule has 0 unspecified atom stereocenters. The Balaban J connectivity index is 1.32. The number of nitrogens with zero attached hydrogens (tertiary/aromatic N) is 2. The summed E-state index contributed by atoms with van der Waals surface area (Å²) >= 11 is 0. The summed E-state index contributed by atoms with van der Waals surface area (Å²) in [6.07, 6.45) is 0. The third-order valence-electron chi connectivity index (χ3n) is 6.81. The summed E-state index contributed by atoms with van der Waals surface area (Å²) in [6, 6.07) is 51.8. The molecule has 0 aliphatic carbocycles. The Kier molecular flexibility index (Phi) is 6.89. The van der Waals surface area contributed by atoms with Crippen molar-refractivity contribution in [2.24, 2.45) is 0 Å². The summed E-state index contributed by atoms with van der Waals surface area (Å²) in [6.45, 7) is 0. The van der Waals surface area contributed by atoms with E-state index in [1.54, 1.807) is 24.3 Å². The van der Waals surface area contributed by atoms with Gasteiger partial charge in [-0.05, 0) is 96.1 Å². The first-order valence-electron chi connectivity index (χ1n) is 13.1. The summed E-state index contributed by atoms with van der Waals surface area (Å²) in [7, 11) is 0. The van der Waals surface area contributed by atoms with Crippen LogP contribution in [0.1, 0.15) is 0 Å². The fourth-order valence-electron chi connectivity index (χ4n) is 4.89. The minimum atomic E-state index is 0.229. The molecule has 0 aromatic heterocycles.